The van der Waals surface area contributed by atoms with Crippen molar-refractivity contribution in [3.63, 3.8) is 0 Å². The average molecular weight is 391 g/mol. The molecule has 2 rings (SSSR count). The van der Waals surface area contributed by atoms with Crippen molar-refractivity contribution in [3.05, 3.63) is 60.2 Å². The molecule has 0 unspecified atom stereocenters. The zero-order valence-electron chi connectivity index (χ0n) is 15.8. The Hall–Kier alpha value is -2.38. The van der Waals surface area contributed by atoms with Gasteiger partial charge in [-0.25, -0.2) is 8.42 Å². The molecule has 0 saturated carbocycles. The van der Waals surface area contributed by atoms with Gasteiger partial charge in [0.1, 0.15) is 18.4 Å². The van der Waals surface area contributed by atoms with Crippen molar-refractivity contribution in [3.8, 4) is 5.75 Å². The summed E-state index contributed by atoms with van der Waals surface area (Å²) < 4.78 is 33.1. The first-order chi connectivity index (χ1) is 12.8. The summed E-state index contributed by atoms with van der Waals surface area (Å²) in [6.07, 6.45) is 0. The Bertz CT molecular complexity index is 851. The lowest BCUT2D eigenvalue weighted by Gasteiger charge is -2.21. The van der Waals surface area contributed by atoms with Crippen LogP contribution in [0, 0.1) is 12.8 Å². The fourth-order valence-corrected chi connectivity index (χ4v) is 3.85. The summed E-state index contributed by atoms with van der Waals surface area (Å²) in [5.41, 5.74) is 1.09. The van der Waals surface area contributed by atoms with Crippen molar-refractivity contribution < 1.29 is 17.9 Å². The molecule has 2 N–H and O–H groups in total. The van der Waals surface area contributed by atoms with Crippen molar-refractivity contribution >= 4 is 15.9 Å². The number of carbonyl (C=O) groups is 1. The van der Waals surface area contributed by atoms with Gasteiger partial charge in [-0.1, -0.05) is 44.2 Å². The zero-order valence-corrected chi connectivity index (χ0v) is 16.6. The Morgan fingerprint density at radius 1 is 1.07 bits per heavy atom. The van der Waals surface area contributed by atoms with Crippen molar-refractivity contribution in [1.29, 1.82) is 0 Å². The Morgan fingerprint density at radius 2 is 1.78 bits per heavy atom. The number of benzene rings is 2. The van der Waals surface area contributed by atoms with E-state index in [0.29, 0.717) is 6.61 Å². The highest BCUT2D eigenvalue weighted by molar-refractivity contribution is 7.89. The molecule has 0 spiro atoms. The Labute approximate surface area is 161 Å². The summed E-state index contributed by atoms with van der Waals surface area (Å²) in [6, 6.07) is 14.8. The molecule has 7 heteroatoms. The van der Waals surface area contributed by atoms with Crippen molar-refractivity contribution in [1.82, 2.24) is 10.0 Å². The smallest absolute Gasteiger partial charge is 0.241 e. The molecule has 0 fully saturated rings. The molecule has 0 aliphatic rings. The van der Waals surface area contributed by atoms with Gasteiger partial charge in [0.25, 0.3) is 0 Å². The standard InChI is InChI=1S/C20H26N2O4S/c1-15(2)19(22-27(24,25)18-10-5-4-6-11-18)20(23)21-12-13-26-17-9-7-8-16(3)14-17/h4-11,14-15,19,22H,12-13H2,1-3H3,(H,21,23)/t19-/m0/s1. The number of hydrogen-bond acceptors (Lipinski definition) is 4. The molecule has 0 heterocycles. The number of rotatable bonds is 9. The van der Waals surface area contributed by atoms with Crippen LogP contribution in [0.2, 0.25) is 0 Å². The summed E-state index contributed by atoms with van der Waals surface area (Å²) in [5, 5.41) is 2.73. The molecular formula is C20H26N2O4S. The topological polar surface area (TPSA) is 84.5 Å². The van der Waals surface area contributed by atoms with Gasteiger partial charge in [0.05, 0.1) is 11.4 Å². The average Bonchev–Trinajstić information content (AvgIpc) is 2.64. The van der Waals surface area contributed by atoms with Crippen LogP contribution >= 0.6 is 0 Å². The first-order valence-electron chi connectivity index (χ1n) is 8.84. The minimum Gasteiger partial charge on any atom is -0.492 e. The minimum atomic E-state index is -3.77. The van der Waals surface area contributed by atoms with Crippen LogP contribution in [0.1, 0.15) is 19.4 Å². The van der Waals surface area contributed by atoms with Gasteiger partial charge in [0.15, 0.2) is 0 Å². The van der Waals surface area contributed by atoms with Gasteiger partial charge in [0, 0.05) is 0 Å². The van der Waals surface area contributed by atoms with E-state index >= 15 is 0 Å². The van der Waals surface area contributed by atoms with E-state index in [4.69, 9.17) is 4.74 Å². The summed E-state index contributed by atoms with van der Waals surface area (Å²) in [5.74, 6) is 0.146. The molecule has 0 aliphatic heterocycles. The highest BCUT2D eigenvalue weighted by Gasteiger charge is 2.28. The minimum absolute atomic E-state index is 0.131. The van der Waals surface area contributed by atoms with E-state index in [-0.39, 0.29) is 23.3 Å². The van der Waals surface area contributed by atoms with Crippen molar-refractivity contribution in [2.45, 2.75) is 31.7 Å². The van der Waals surface area contributed by atoms with E-state index in [9.17, 15) is 13.2 Å². The van der Waals surface area contributed by atoms with Gasteiger partial charge in [-0.3, -0.25) is 4.79 Å². The van der Waals surface area contributed by atoms with Gasteiger partial charge in [-0.15, -0.1) is 0 Å². The monoisotopic (exact) mass is 390 g/mol. The molecule has 0 saturated heterocycles. The fraction of sp³-hybridized carbons (Fsp3) is 0.350. The van der Waals surface area contributed by atoms with Crippen LogP contribution in [0.15, 0.2) is 59.5 Å². The normalized spacial score (nSPS) is 12.6. The van der Waals surface area contributed by atoms with Crippen LogP contribution in [0.3, 0.4) is 0 Å². The lowest BCUT2D eigenvalue weighted by molar-refractivity contribution is -0.123. The fourth-order valence-electron chi connectivity index (χ4n) is 2.49. The van der Waals surface area contributed by atoms with E-state index in [1.54, 1.807) is 32.0 Å². The number of ether oxygens (including phenoxy) is 1. The summed E-state index contributed by atoms with van der Waals surface area (Å²) in [6.45, 7) is 6.14. The lowest BCUT2D eigenvalue weighted by Crippen LogP contribution is -2.50. The number of amides is 1. The van der Waals surface area contributed by atoms with Crippen LogP contribution in [0.5, 0.6) is 5.75 Å². The van der Waals surface area contributed by atoms with Crippen molar-refractivity contribution in [2.75, 3.05) is 13.2 Å². The molecule has 0 bridgehead atoms. The van der Waals surface area contributed by atoms with Crippen LogP contribution in [-0.4, -0.2) is 33.5 Å². The van der Waals surface area contributed by atoms with Crippen LogP contribution < -0.4 is 14.8 Å². The second-order valence-corrected chi connectivity index (χ2v) is 8.33. The Morgan fingerprint density at radius 3 is 2.41 bits per heavy atom. The number of aryl methyl sites for hydroxylation is 1. The summed E-state index contributed by atoms with van der Waals surface area (Å²) in [4.78, 5) is 12.6. The molecule has 27 heavy (non-hydrogen) atoms. The number of hydrogen-bond donors (Lipinski definition) is 2. The number of sulfonamides is 1. The van der Waals surface area contributed by atoms with E-state index in [1.165, 1.54) is 12.1 Å². The second kappa shape index (κ2) is 9.53. The third-order valence-corrected chi connectivity index (χ3v) is 5.40. The maximum atomic E-state index is 12.5. The number of carbonyl (C=O) groups excluding carboxylic acids is 1. The highest BCUT2D eigenvalue weighted by Crippen LogP contribution is 2.13. The predicted molar refractivity (Wildman–Crippen MR) is 105 cm³/mol. The van der Waals surface area contributed by atoms with Crippen LogP contribution in [-0.2, 0) is 14.8 Å². The lowest BCUT2D eigenvalue weighted by atomic mass is 10.1. The van der Waals surface area contributed by atoms with E-state index < -0.39 is 16.1 Å². The maximum absolute atomic E-state index is 12.5. The molecule has 6 nitrogen and oxygen atoms in total. The Kier molecular flexibility index (Phi) is 7.38. The summed E-state index contributed by atoms with van der Waals surface area (Å²) in [7, 11) is -3.77. The van der Waals surface area contributed by atoms with Gasteiger partial charge >= 0.3 is 0 Å². The van der Waals surface area contributed by atoms with Crippen LogP contribution in [0.4, 0.5) is 0 Å². The van der Waals surface area contributed by atoms with Gasteiger partial charge < -0.3 is 10.1 Å². The Balaban J connectivity index is 1.91. The molecular weight excluding hydrogens is 364 g/mol. The quantitative estimate of drug-likeness (QED) is 0.644. The van der Waals surface area contributed by atoms with E-state index in [2.05, 4.69) is 10.0 Å². The van der Waals surface area contributed by atoms with Gasteiger partial charge in [-0.2, -0.15) is 4.72 Å². The molecule has 2 aromatic carbocycles. The first-order valence-corrected chi connectivity index (χ1v) is 10.3. The third-order valence-electron chi connectivity index (χ3n) is 3.94. The van der Waals surface area contributed by atoms with Gasteiger partial charge in [-0.05, 0) is 42.7 Å². The molecule has 0 aromatic heterocycles. The van der Waals surface area contributed by atoms with Crippen molar-refractivity contribution in [2.24, 2.45) is 5.92 Å². The van der Waals surface area contributed by atoms with Gasteiger partial charge in [0.2, 0.25) is 15.9 Å². The second-order valence-electron chi connectivity index (χ2n) is 6.61. The first kappa shape index (κ1) is 20.9. The largest absolute Gasteiger partial charge is 0.492 e. The molecule has 0 radical (unpaired) electrons. The molecule has 1 atom stereocenters. The molecule has 0 aliphatic carbocycles. The van der Waals surface area contributed by atoms with E-state index in [1.807, 2.05) is 31.2 Å². The zero-order chi connectivity index (χ0) is 19.9. The predicted octanol–water partition coefficient (Wildman–Crippen LogP) is 2.49. The SMILES string of the molecule is Cc1cccc(OCCNC(=O)[C@@H](NS(=O)(=O)c2ccccc2)C(C)C)c1. The van der Waals surface area contributed by atoms with Crippen LogP contribution in [0.25, 0.3) is 0 Å². The maximum Gasteiger partial charge on any atom is 0.241 e. The highest BCUT2D eigenvalue weighted by atomic mass is 32.2. The molecule has 146 valence electrons. The number of nitrogens with one attached hydrogen (secondary N) is 2. The summed E-state index contributed by atoms with van der Waals surface area (Å²) >= 11 is 0. The molecule has 1 amide bonds. The third kappa shape index (κ3) is 6.37. The molecule has 2 aromatic rings. The van der Waals surface area contributed by atoms with E-state index in [0.717, 1.165) is 11.3 Å².